The van der Waals surface area contributed by atoms with E-state index in [-0.39, 0.29) is 18.5 Å². The van der Waals surface area contributed by atoms with Gasteiger partial charge in [-0.05, 0) is 37.5 Å². The van der Waals surface area contributed by atoms with E-state index < -0.39 is 0 Å². The number of carbonyl (C=O) groups is 1. The summed E-state index contributed by atoms with van der Waals surface area (Å²) < 4.78 is 0. The highest BCUT2D eigenvalue weighted by Crippen LogP contribution is 2.17. The molecule has 0 aliphatic carbocycles. The number of carbonyl (C=O) groups excluding carboxylic acids is 1. The number of pyridine rings is 1. The van der Waals surface area contributed by atoms with Crippen molar-refractivity contribution in [2.45, 2.75) is 31.8 Å². The Balaban J connectivity index is 1.62. The van der Waals surface area contributed by atoms with Crippen LogP contribution in [0, 0.1) is 0 Å². The highest BCUT2D eigenvalue weighted by atomic mass is 16.2. The summed E-state index contributed by atoms with van der Waals surface area (Å²) in [7, 11) is 3.50. The zero-order chi connectivity index (χ0) is 21.3. The maximum Gasteiger partial charge on any atom is 0.243 e. The molecule has 7 heteroatoms. The monoisotopic (exact) mass is 408 g/mol. The number of aromatic nitrogens is 1. The molecule has 2 aromatic rings. The Hall–Kier alpha value is -3.09. The number of benzene rings is 1. The minimum atomic E-state index is -0.0200. The topological polar surface area (TPSA) is 72.9 Å². The lowest BCUT2D eigenvalue weighted by molar-refractivity contribution is -0.127. The van der Waals surface area contributed by atoms with Crippen molar-refractivity contribution in [3.8, 4) is 0 Å². The first-order valence-corrected chi connectivity index (χ1v) is 10.5. The van der Waals surface area contributed by atoms with Crippen LogP contribution in [0.5, 0.6) is 0 Å². The summed E-state index contributed by atoms with van der Waals surface area (Å²) in [5, 5.41) is 7.00. The van der Waals surface area contributed by atoms with Gasteiger partial charge < -0.3 is 20.4 Å². The van der Waals surface area contributed by atoms with Crippen molar-refractivity contribution in [3.05, 3.63) is 60.3 Å². The van der Waals surface area contributed by atoms with E-state index in [1.807, 2.05) is 36.5 Å². The third-order valence-corrected chi connectivity index (χ3v) is 5.33. The fourth-order valence-electron chi connectivity index (χ4n) is 3.44. The lowest BCUT2D eigenvalue weighted by atomic mass is 10.1. The van der Waals surface area contributed by atoms with E-state index in [4.69, 9.17) is 0 Å². The number of aliphatic imine (C=N–C) groups is 1. The average molecular weight is 409 g/mol. The molecule has 1 amide bonds. The van der Waals surface area contributed by atoms with E-state index in [2.05, 4.69) is 50.6 Å². The molecule has 1 aliphatic rings. The Morgan fingerprint density at radius 3 is 2.50 bits per heavy atom. The number of guanidine groups is 1. The molecule has 1 unspecified atom stereocenters. The van der Waals surface area contributed by atoms with Crippen LogP contribution >= 0.6 is 0 Å². The summed E-state index contributed by atoms with van der Waals surface area (Å²) in [5.74, 6) is 1.68. The van der Waals surface area contributed by atoms with Gasteiger partial charge in [-0.25, -0.2) is 9.98 Å². The van der Waals surface area contributed by atoms with Crippen LogP contribution in [0.4, 0.5) is 5.82 Å². The van der Waals surface area contributed by atoms with Crippen molar-refractivity contribution in [1.29, 1.82) is 0 Å². The predicted molar refractivity (Wildman–Crippen MR) is 122 cm³/mol. The first-order chi connectivity index (χ1) is 14.5. The van der Waals surface area contributed by atoms with Crippen LogP contribution in [0.15, 0.2) is 59.7 Å². The van der Waals surface area contributed by atoms with E-state index in [9.17, 15) is 4.79 Å². The molecule has 7 nitrogen and oxygen atoms in total. The number of rotatable bonds is 6. The number of anilines is 1. The van der Waals surface area contributed by atoms with Crippen LogP contribution in [0.25, 0.3) is 0 Å². The molecule has 1 atom stereocenters. The van der Waals surface area contributed by atoms with Crippen molar-refractivity contribution in [2.24, 2.45) is 4.99 Å². The second kappa shape index (κ2) is 10.6. The summed E-state index contributed by atoms with van der Waals surface area (Å²) in [6.07, 6.45) is 3.80. The van der Waals surface area contributed by atoms with Gasteiger partial charge in [0.2, 0.25) is 5.91 Å². The van der Waals surface area contributed by atoms with Gasteiger partial charge in [-0.2, -0.15) is 0 Å². The van der Waals surface area contributed by atoms with Gasteiger partial charge in [0.05, 0.1) is 6.04 Å². The SMILES string of the molecule is CC(NC(=NCC(=O)N(C)C)NC1CCN(c2ccccn2)CC1)c1ccccc1. The molecule has 1 aromatic carbocycles. The van der Waals surface area contributed by atoms with E-state index in [0.717, 1.165) is 31.7 Å². The van der Waals surface area contributed by atoms with Gasteiger partial charge >= 0.3 is 0 Å². The van der Waals surface area contributed by atoms with Crippen molar-refractivity contribution < 1.29 is 4.79 Å². The lowest BCUT2D eigenvalue weighted by Crippen LogP contribution is -2.49. The zero-order valence-electron chi connectivity index (χ0n) is 18.1. The smallest absolute Gasteiger partial charge is 0.243 e. The van der Waals surface area contributed by atoms with Crippen molar-refractivity contribution in [3.63, 3.8) is 0 Å². The van der Waals surface area contributed by atoms with Gasteiger partial charge in [-0.1, -0.05) is 36.4 Å². The van der Waals surface area contributed by atoms with Crippen LogP contribution in [-0.2, 0) is 4.79 Å². The second-order valence-corrected chi connectivity index (χ2v) is 7.82. The third-order valence-electron chi connectivity index (χ3n) is 5.33. The molecule has 3 rings (SSSR count). The summed E-state index contributed by atoms with van der Waals surface area (Å²) in [5.41, 5.74) is 1.18. The van der Waals surface area contributed by atoms with Crippen LogP contribution in [0.3, 0.4) is 0 Å². The van der Waals surface area contributed by atoms with Gasteiger partial charge in [0.15, 0.2) is 5.96 Å². The standard InChI is InChI=1S/C23H32N6O/c1-18(19-9-5-4-6-10-19)26-23(25-17-22(30)28(2)3)27-20-12-15-29(16-13-20)21-11-7-8-14-24-21/h4-11,14,18,20H,12-13,15-17H2,1-3H3,(H2,25,26,27). The maximum absolute atomic E-state index is 12.0. The second-order valence-electron chi connectivity index (χ2n) is 7.82. The first kappa shape index (κ1) is 21.6. The van der Waals surface area contributed by atoms with Gasteiger partial charge in [0.25, 0.3) is 0 Å². The largest absolute Gasteiger partial charge is 0.356 e. The molecule has 1 aliphatic heterocycles. The van der Waals surface area contributed by atoms with E-state index in [1.54, 1.807) is 19.0 Å². The maximum atomic E-state index is 12.0. The number of likely N-dealkylation sites (N-methyl/N-ethyl adjacent to an activating group) is 1. The number of piperidine rings is 1. The molecule has 1 aromatic heterocycles. The molecule has 30 heavy (non-hydrogen) atoms. The van der Waals surface area contributed by atoms with E-state index >= 15 is 0 Å². The van der Waals surface area contributed by atoms with Gasteiger partial charge in [-0.15, -0.1) is 0 Å². The number of nitrogens with one attached hydrogen (secondary N) is 2. The predicted octanol–water partition coefficient (Wildman–Crippen LogP) is 2.44. The molecule has 0 radical (unpaired) electrons. The molecule has 0 bridgehead atoms. The highest BCUT2D eigenvalue weighted by molar-refractivity contribution is 5.85. The zero-order valence-corrected chi connectivity index (χ0v) is 18.1. The van der Waals surface area contributed by atoms with Crippen LogP contribution < -0.4 is 15.5 Å². The number of amides is 1. The number of nitrogens with zero attached hydrogens (tertiary/aromatic N) is 4. The van der Waals surface area contributed by atoms with Gasteiger partial charge in [0.1, 0.15) is 12.4 Å². The summed E-state index contributed by atoms with van der Waals surface area (Å²) in [4.78, 5) is 24.9. The average Bonchev–Trinajstić information content (AvgIpc) is 2.78. The Bertz CT molecular complexity index is 816. The van der Waals surface area contributed by atoms with Crippen molar-refractivity contribution in [2.75, 3.05) is 38.6 Å². The van der Waals surface area contributed by atoms with Crippen molar-refractivity contribution >= 4 is 17.7 Å². The normalized spacial score (nSPS) is 16.1. The minimum Gasteiger partial charge on any atom is -0.356 e. The molecule has 1 fully saturated rings. The summed E-state index contributed by atoms with van der Waals surface area (Å²) >= 11 is 0. The van der Waals surface area contributed by atoms with Crippen LogP contribution in [0.1, 0.15) is 31.4 Å². The molecule has 0 saturated carbocycles. The minimum absolute atomic E-state index is 0.0200. The first-order valence-electron chi connectivity index (χ1n) is 10.5. The molecule has 160 valence electrons. The molecular formula is C23H32N6O. The Morgan fingerprint density at radius 1 is 1.17 bits per heavy atom. The molecular weight excluding hydrogens is 376 g/mol. The number of hydrogen-bond acceptors (Lipinski definition) is 4. The van der Waals surface area contributed by atoms with E-state index in [0.29, 0.717) is 12.0 Å². The molecule has 2 N–H and O–H groups in total. The third kappa shape index (κ3) is 6.20. The number of hydrogen-bond donors (Lipinski definition) is 2. The van der Waals surface area contributed by atoms with Crippen molar-refractivity contribution in [1.82, 2.24) is 20.5 Å². The fourth-order valence-corrected chi connectivity index (χ4v) is 3.44. The van der Waals surface area contributed by atoms with Gasteiger partial charge in [-0.3, -0.25) is 4.79 Å². The Kier molecular flexibility index (Phi) is 7.65. The quantitative estimate of drug-likeness (QED) is 0.567. The highest BCUT2D eigenvalue weighted by Gasteiger charge is 2.21. The molecule has 1 saturated heterocycles. The van der Waals surface area contributed by atoms with Crippen LogP contribution in [-0.4, -0.2) is 61.5 Å². The van der Waals surface area contributed by atoms with Gasteiger partial charge in [0, 0.05) is 39.4 Å². The summed E-state index contributed by atoms with van der Waals surface area (Å²) in [6.45, 7) is 4.10. The fraction of sp³-hybridized carbons (Fsp3) is 0.435. The van der Waals surface area contributed by atoms with E-state index in [1.165, 1.54) is 5.56 Å². The Labute approximate surface area is 179 Å². The molecule has 2 heterocycles. The van der Waals surface area contributed by atoms with Crippen LogP contribution in [0.2, 0.25) is 0 Å². The Morgan fingerprint density at radius 2 is 1.87 bits per heavy atom. The summed E-state index contributed by atoms with van der Waals surface area (Å²) in [6, 6.07) is 16.6. The molecule has 0 spiro atoms. The lowest BCUT2D eigenvalue weighted by Gasteiger charge is -2.34.